The Hall–Kier alpha value is 0.260. The van der Waals surface area contributed by atoms with Crippen molar-refractivity contribution in [2.45, 2.75) is 155 Å². The van der Waals surface area contributed by atoms with Crippen LogP contribution in [0, 0.1) is 0 Å². The monoisotopic (exact) mass is 1080 g/mol. The minimum Gasteiger partial charge on any atom is -0.756 e. The van der Waals surface area contributed by atoms with Crippen molar-refractivity contribution in [3.63, 3.8) is 0 Å². The lowest BCUT2D eigenvalue weighted by Gasteiger charge is -2.32. The highest BCUT2D eigenvalue weighted by Crippen LogP contribution is 2.49. The first-order valence-corrected chi connectivity index (χ1v) is 27.9. The van der Waals surface area contributed by atoms with Crippen LogP contribution in [0.4, 0.5) is 0 Å². The molecular formula is C35H58B4O27P4-4. The van der Waals surface area contributed by atoms with Gasteiger partial charge in [0.2, 0.25) is 0 Å². The third kappa shape index (κ3) is 19.4. The van der Waals surface area contributed by atoms with Gasteiger partial charge in [-0.2, -0.15) is 0 Å². The molecule has 0 aromatic rings. The van der Waals surface area contributed by atoms with E-state index >= 15 is 0 Å². The lowest BCUT2D eigenvalue weighted by Crippen LogP contribution is -2.33. The van der Waals surface area contributed by atoms with E-state index < -0.39 is 161 Å². The second-order valence-corrected chi connectivity index (χ2v) is 22.3. The average molecular weight is 1080 g/mol. The van der Waals surface area contributed by atoms with E-state index in [1.54, 1.807) is 6.92 Å². The Morgan fingerprint density at radius 3 is 1.03 bits per heavy atom. The number of ether oxygens (including phenoxy) is 10. The van der Waals surface area contributed by atoms with E-state index in [4.69, 9.17) is 115 Å². The van der Waals surface area contributed by atoms with Crippen molar-refractivity contribution < 1.29 is 126 Å². The Balaban J connectivity index is 0.000000261. The lowest BCUT2D eigenvalue weighted by atomic mass is 9.96. The maximum Gasteiger partial charge on any atom is 0.268 e. The Morgan fingerprint density at radius 2 is 0.700 bits per heavy atom. The summed E-state index contributed by atoms with van der Waals surface area (Å²) in [5.74, 6) is 0. The smallest absolute Gasteiger partial charge is 0.268 e. The van der Waals surface area contributed by atoms with Crippen molar-refractivity contribution in [3.05, 3.63) is 0 Å². The lowest BCUT2D eigenvalue weighted by molar-refractivity contribution is -0.240. The first-order valence-electron chi connectivity index (χ1n) is 22.0. The number of methoxy groups -OCH3 is 4. The third-order valence-corrected chi connectivity index (χ3v) is 15.4. The van der Waals surface area contributed by atoms with E-state index in [1.807, 2.05) is 0 Å². The molecule has 6 aliphatic rings. The van der Waals surface area contributed by atoms with Crippen LogP contribution in [0.25, 0.3) is 0 Å². The molecule has 0 amide bonds. The molecule has 70 heavy (non-hydrogen) atoms. The molecule has 6 rings (SSSR count). The molecule has 6 aliphatic heterocycles. The number of hydrogen-bond donors (Lipinski definition) is 1. The van der Waals surface area contributed by atoms with E-state index in [2.05, 4.69) is 0 Å². The summed E-state index contributed by atoms with van der Waals surface area (Å²) in [6.07, 6.45) is -11.1. The van der Waals surface area contributed by atoms with Crippen molar-refractivity contribution in [1.82, 2.24) is 0 Å². The standard InChI is InChI=1S/C18H32B2O13P2.C17H30B2O14P2/c1-10-4-12(32-34(21,22)27-8-15-11(26-3)5-17(19)31-15)16(29-10)9-28-35(23,24)33-13-6-18(20)30-14(13)7-25-2;1-25-6-12-10(4-16(19)29-12)32-34(21,22)28-8-14-11(5-17(20)31-14)33-35(23,24)27-7-13-9(26-2)3-15(18)30-13/h10-18H,4-9H2,1-3H3,(H,21,22)(H,23,24);9-17,20H,3-8H2,1-2H3,(H,21,22)(H,23,24)/p-4/t10-,11+,12+,13+,14+,15+,16+,17+,18+;9-,10-,11-,12-,13-,14-,15-,16-,17?/m01/s1. The van der Waals surface area contributed by atoms with E-state index in [9.17, 15) is 42.9 Å². The largest absolute Gasteiger partial charge is 0.756 e. The van der Waals surface area contributed by atoms with Crippen molar-refractivity contribution >= 4 is 62.7 Å². The van der Waals surface area contributed by atoms with E-state index in [1.165, 1.54) is 28.4 Å². The van der Waals surface area contributed by atoms with Crippen molar-refractivity contribution in [1.29, 1.82) is 0 Å². The van der Waals surface area contributed by atoms with Crippen LogP contribution in [0.3, 0.4) is 0 Å². The molecule has 0 saturated carbocycles. The van der Waals surface area contributed by atoms with Gasteiger partial charge in [0, 0.05) is 65.3 Å². The summed E-state index contributed by atoms with van der Waals surface area (Å²) in [6.45, 7) is -0.172. The van der Waals surface area contributed by atoms with Gasteiger partial charge >= 0.3 is 0 Å². The van der Waals surface area contributed by atoms with Gasteiger partial charge in [0.1, 0.15) is 68.0 Å². The van der Waals surface area contributed by atoms with Gasteiger partial charge in [0.05, 0.1) is 82.4 Å². The second-order valence-electron chi connectivity index (χ2n) is 16.9. The van der Waals surface area contributed by atoms with Gasteiger partial charge in [-0.15, -0.1) is 0 Å². The molecule has 0 bridgehead atoms. The quantitative estimate of drug-likeness (QED) is 0.0675. The van der Waals surface area contributed by atoms with Crippen molar-refractivity contribution in [2.24, 2.45) is 0 Å². The first kappa shape index (κ1) is 61.1. The predicted octanol–water partition coefficient (Wildman–Crippen LogP) is -2.80. The Labute approximate surface area is 411 Å². The molecule has 8 radical (unpaired) electrons. The third-order valence-electron chi connectivity index (χ3n) is 11.4. The summed E-state index contributed by atoms with van der Waals surface area (Å²) in [4.78, 5) is 49.4. The Morgan fingerprint density at radius 1 is 0.429 bits per heavy atom. The zero-order valence-electron chi connectivity index (χ0n) is 39.0. The van der Waals surface area contributed by atoms with Crippen LogP contribution >= 0.6 is 31.3 Å². The second kappa shape index (κ2) is 27.5. The number of phosphoric ester groups is 4. The van der Waals surface area contributed by atoms with Crippen LogP contribution < -0.4 is 19.6 Å². The molecule has 6 heterocycles. The summed E-state index contributed by atoms with van der Waals surface area (Å²) in [6, 6.07) is -2.65. The molecule has 0 spiro atoms. The van der Waals surface area contributed by atoms with Gasteiger partial charge in [-0.3, -0.25) is 18.3 Å². The maximum atomic E-state index is 12.4. The normalized spacial score (nSPS) is 41.1. The number of hydrogen-bond acceptors (Lipinski definition) is 27. The molecule has 0 aliphatic carbocycles. The molecule has 6 fully saturated rings. The topological polar surface area (TPSA) is 347 Å². The van der Waals surface area contributed by atoms with Crippen molar-refractivity contribution in [2.75, 3.05) is 68.1 Å². The van der Waals surface area contributed by atoms with Gasteiger partial charge in [0.15, 0.2) is 6.29 Å². The van der Waals surface area contributed by atoms with Gasteiger partial charge in [-0.05, 0) is 32.6 Å². The molecule has 22 atom stereocenters. The zero-order valence-corrected chi connectivity index (χ0v) is 42.6. The highest BCUT2D eigenvalue weighted by molar-refractivity contribution is 7.46. The molecule has 35 heteroatoms. The summed E-state index contributed by atoms with van der Waals surface area (Å²) in [5.41, 5.74) is 0. The average Bonchev–Trinajstić information content (AvgIpc) is 4.12. The van der Waals surface area contributed by atoms with Gasteiger partial charge in [-0.25, -0.2) is 0 Å². The fourth-order valence-electron chi connectivity index (χ4n) is 8.20. The Kier molecular flexibility index (Phi) is 24.0. The summed E-state index contributed by atoms with van der Waals surface area (Å²) in [7, 11) is 9.02. The summed E-state index contributed by atoms with van der Waals surface area (Å²) >= 11 is 0. The van der Waals surface area contributed by atoms with Crippen molar-refractivity contribution in [3.8, 4) is 0 Å². The minimum atomic E-state index is -4.92. The van der Waals surface area contributed by atoms with Crippen LogP contribution in [-0.2, 0) is 102 Å². The summed E-state index contributed by atoms with van der Waals surface area (Å²) in [5, 5.41) is 9.78. The fourth-order valence-corrected chi connectivity index (χ4v) is 12.0. The van der Waals surface area contributed by atoms with Crippen LogP contribution in [0.5, 0.6) is 0 Å². The van der Waals surface area contributed by atoms with Crippen LogP contribution in [-0.4, -0.2) is 214 Å². The molecule has 6 saturated heterocycles. The summed E-state index contributed by atoms with van der Waals surface area (Å²) < 4.78 is 142. The number of aliphatic hydroxyl groups is 1. The Bertz CT molecular complexity index is 1680. The number of aliphatic hydroxyl groups excluding tert-OH is 1. The highest BCUT2D eigenvalue weighted by Gasteiger charge is 2.43. The highest BCUT2D eigenvalue weighted by atomic mass is 31.2. The van der Waals surface area contributed by atoms with Crippen LogP contribution in [0.1, 0.15) is 45.4 Å². The molecule has 5 unspecified atom stereocenters. The number of phosphoric acid groups is 4. The molecular weight excluding hydrogens is 1020 g/mol. The molecule has 0 aromatic heterocycles. The van der Waals surface area contributed by atoms with Crippen LogP contribution in [0.15, 0.2) is 0 Å². The zero-order chi connectivity index (χ0) is 51.6. The fraction of sp³-hybridized carbons (Fsp3) is 1.00. The minimum absolute atomic E-state index is 0.0496. The first-order chi connectivity index (χ1) is 32.8. The van der Waals surface area contributed by atoms with Gasteiger partial charge in [0.25, 0.3) is 31.3 Å². The number of rotatable bonds is 26. The maximum absolute atomic E-state index is 12.4. The SMILES string of the molecule is [B][C@H]1C[C@@H](OC)[C@@H](COP(=O)([O-])O[C@@H]2CC(O)O[C@@H]2COP(=O)([O-])O[C@@H]2C[C@H]([B])O[C@@H]2COC)O1.[B][C@H]1C[C@@H](OC)[C@@H](COP(=O)([O-])O[C@@H]2C[C@H](C)O[C@@H]2COP(=O)([O-])O[C@@H]2C[C@H]([B])O[C@@H]2COC)O1. The molecule has 0 aromatic carbocycles. The molecule has 27 nitrogen and oxygen atoms in total. The van der Waals surface area contributed by atoms with Gasteiger partial charge < -0.3 is 108 Å². The van der Waals surface area contributed by atoms with E-state index in [0.29, 0.717) is 12.8 Å². The van der Waals surface area contributed by atoms with Gasteiger partial charge in [-0.1, -0.05) is 0 Å². The van der Waals surface area contributed by atoms with E-state index in [0.717, 1.165) is 0 Å². The van der Waals surface area contributed by atoms with E-state index in [-0.39, 0.29) is 45.5 Å². The van der Waals surface area contributed by atoms with Crippen LogP contribution in [0.2, 0.25) is 0 Å². The molecule has 1 N–H and O–H groups in total. The molecule has 396 valence electrons. The predicted molar refractivity (Wildman–Crippen MR) is 230 cm³/mol.